The summed E-state index contributed by atoms with van der Waals surface area (Å²) in [6, 6.07) is 1.78. The number of aliphatic hydroxyl groups excluding tert-OH is 1. The summed E-state index contributed by atoms with van der Waals surface area (Å²) >= 11 is 0. The lowest BCUT2D eigenvalue weighted by atomic mass is 9.92. The van der Waals surface area contributed by atoms with Crippen molar-refractivity contribution in [3.63, 3.8) is 0 Å². The molecule has 0 unspecified atom stereocenters. The molecule has 2 N–H and O–H groups in total. The van der Waals surface area contributed by atoms with Crippen molar-refractivity contribution in [3.05, 3.63) is 17.5 Å². The van der Waals surface area contributed by atoms with Crippen LogP contribution in [0.3, 0.4) is 0 Å². The van der Waals surface area contributed by atoms with Crippen LogP contribution < -0.4 is 5.32 Å². The number of carbonyl (C=O) groups excluding carboxylic acids is 1. The van der Waals surface area contributed by atoms with Crippen LogP contribution in [-0.4, -0.2) is 33.9 Å². The number of amides is 1. The molecule has 0 saturated carbocycles. The van der Waals surface area contributed by atoms with E-state index in [9.17, 15) is 4.79 Å². The Labute approximate surface area is 95.5 Å². The lowest BCUT2D eigenvalue weighted by Crippen LogP contribution is -2.28. The third-order valence-electron chi connectivity index (χ3n) is 2.28. The number of nitrogens with one attached hydrogen (secondary N) is 1. The number of aromatic nitrogens is 2. The van der Waals surface area contributed by atoms with Gasteiger partial charge in [-0.05, 0) is 6.07 Å². The van der Waals surface area contributed by atoms with Crippen LogP contribution >= 0.6 is 0 Å². The van der Waals surface area contributed by atoms with E-state index in [0.29, 0.717) is 5.69 Å². The predicted molar refractivity (Wildman–Crippen MR) is 61.3 cm³/mol. The molecule has 1 rings (SSSR count). The molecule has 1 amide bonds. The number of aliphatic hydroxyl groups is 1. The van der Waals surface area contributed by atoms with Gasteiger partial charge >= 0.3 is 0 Å². The highest BCUT2D eigenvalue weighted by Crippen LogP contribution is 2.21. The quantitative estimate of drug-likeness (QED) is 0.784. The summed E-state index contributed by atoms with van der Waals surface area (Å²) in [6.07, 6.45) is 0. The van der Waals surface area contributed by atoms with Crippen molar-refractivity contribution in [1.29, 1.82) is 0 Å². The van der Waals surface area contributed by atoms with E-state index in [4.69, 9.17) is 5.11 Å². The molecule has 90 valence electrons. The van der Waals surface area contributed by atoms with Gasteiger partial charge in [0.2, 0.25) is 0 Å². The maximum Gasteiger partial charge on any atom is 0.269 e. The lowest BCUT2D eigenvalue weighted by molar-refractivity contribution is 0.0935. The van der Waals surface area contributed by atoms with Crippen LogP contribution in [0.25, 0.3) is 0 Å². The third-order valence-corrected chi connectivity index (χ3v) is 2.28. The van der Waals surface area contributed by atoms with Crippen LogP contribution in [0, 0.1) is 0 Å². The van der Waals surface area contributed by atoms with Crippen molar-refractivity contribution in [3.8, 4) is 0 Å². The second-order valence-electron chi connectivity index (χ2n) is 4.77. The monoisotopic (exact) mass is 225 g/mol. The summed E-state index contributed by atoms with van der Waals surface area (Å²) in [5.74, 6) is -0.209. The zero-order valence-electron chi connectivity index (χ0n) is 10.2. The van der Waals surface area contributed by atoms with E-state index < -0.39 is 0 Å². The molecule has 0 atom stereocenters. The van der Waals surface area contributed by atoms with Gasteiger partial charge in [-0.3, -0.25) is 9.48 Å². The lowest BCUT2D eigenvalue weighted by Gasteiger charge is -2.13. The Balaban J connectivity index is 2.90. The number of aryl methyl sites for hydroxylation is 1. The second-order valence-corrected chi connectivity index (χ2v) is 4.77. The summed E-state index contributed by atoms with van der Waals surface area (Å²) < 4.78 is 1.56. The van der Waals surface area contributed by atoms with Crippen molar-refractivity contribution in [2.45, 2.75) is 26.2 Å². The van der Waals surface area contributed by atoms with E-state index in [0.717, 1.165) is 5.69 Å². The Morgan fingerprint density at radius 1 is 1.56 bits per heavy atom. The predicted octanol–water partition coefficient (Wildman–Crippen LogP) is 0.440. The van der Waals surface area contributed by atoms with Gasteiger partial charge in [-0.2, -0.15) is 5.10 Å². The first-order valence-electron chi connectivity index (χ1n) is 5.30. The van der Waals surface area contributed by atoms with Gasteiger partial charge in [-0.1, -0.05) is 20.8 Å². The fourth-order valence-electron chi connectivity index (χ4n) is 1.31. The summed E-state index contributed by atoms with van der Waals surface area (Å²) in [4.78, 5) is 11.7. The van der Waals surface area contributed by atoms with E-state index in [1.807, 2.05) is 20.8 Å². The Bertz CT molecular complexity index is 377. The van der Waals surface area contributed by atoms with Crippen LogP contribution in [0.5, 0.6) is 0 Å². The highest BCUT2D eigenvalue weighted by Gasteiger charge is 2.21. The topological polar surface area (TPSA) is 67.2 Å². The molecular weight excluding hydrogens is 206 g/mol. The van der Waals surface area contributed by atoms with Gasteiger partial charge in [-0.15, -0.1) is 0 Å². The van der Waals surface area contributed by atoms with Gasteiger partial charge in [0.1, 0.15) is 5.69 Å². The maximum atomic E-state index is 11.7. The molecule has 0 aliphatic rings. The molecule has 5 nitrogen and oxygen atoms in total. The normalized spacial score (nSPS) is 11.6. The first kappa shape index (κ1) is 12.7. The van der Waals surface area contributed by atoms with Crippen molar-refractivity contribution < 1.29 is 9.90 Å². The van der Waals surface area contributed by atoms with Gasteiger partial charge in [-0.25, -0.2) is 0 Å². The highest BCUT2D eigenvalue weighted by atomic mass is 16.3. The van der Waals surface area contributed by atoms with E-state index in [1.54, 1.807) is 17.8 Å². The van der Waals surface area contributed by atoms with Crippen LogP contribution in [0.2, 0.25) is 0 Å². The number of rotatable bonds is 3. The first-order valence-corrected chi connectivity index (χ1v) is 5.30. The minimum atomic E-state index is -0.209. The molecule has 0 radical (unpaired) electrons. The van der Waals surface area contributed by atoms with E-state index in [-0.39, 0.29) is 24.5 Å². The Morgan fingerprint density at radius 3 is 2.62 bits per heavy atom. The zero-order valence-corrected chi connectivity index (χ0v) is 10.2. The Morgan fingerprint density at radius 2 is 2.19 bits per heavy atom. The summed E-state index contributed by atoms with van der Waals surface area (Å²) in [5.41, 5.74) is 1.32. The van der Waals surface area contributed by atoms with E-state index in [1.165, 1.54) is 0 Å². The standard InChI is InChI=1S/C11H19N3O2/c1-11(2,3)9-7-8(14(4)13-9)10(16)12-5-6-15/h7,15H,5-6H2,1-4H3,(H,12,16). The molecule has 0 bridgehead atoms. The SMILES string of the molecule is Cn1nc(C(C)(C)C)cc1C(=O)NCCO. The molecule has 16 heavy (non-hydrogen) atoms. The fourth-order valence-corrected chi connectivity index (χ4v) is 1.31. The molecule has 0 fully saturated rings. The van der Waals surface area contributed by atoms with Crippen LogP contribution in [0.15, 0.2) is 6.07 Å². The van der Waals surface area contributed by atoms with Crippen molar-refractivity contribution in [2.75, 3.05) is 13.2 Å². The fraction of sp³-hybridized carbons (Fsp3) is 0.636. The van der Waals surface area contributed by atoms with Gasteiger partial charge in [0, 0.05) is 19.0 Å². The summed E-state index contributed by atoms with van der Waals surface area (Å²) in [6.45, 7) is 6.34. The molecule has 0 aromatic carbocycles. The van der Waals surface area contributed by atoms with Gasteiger partial charge < -0.3 is 10.4 Å². The van der Waals surface area contributed by atoms with Gasteiger partial charge in [0.25, 0.3) is 5.91 Å². The average molecular weight is 225 g/mol. The maximum absolute atomic E-state index is 11.7. The van der Waals surface area contributed by atoms with Gasteiger partial charge in [0.15, 0.2) is 0 Å². The minimum Gasteiger partial charge on any atom is -0.395 e. The molecule has 0 saturated heterocycles. The van der Waals surface area contributed by atoms with Crippen LogP contribution in [0.1, 0.15) is 37.0 Å². The zero-order chi connectivity index (χ0) is 12.3. The van der Waals surface area contributed by atoms with Crippen molar-refractivity contribution in [2.24, 2.45) is 7.05 Å². The minimum absolute atomic E-state index is 0.0598. The Kier molecular flexibility index (Phi) is 3.70. The van der Waals surface area contributed by atoms with Crippen LogP contribution in [-0.2, 0) is 12.5 Å². The number of hydrogen-bond donors (Lipinski definition) is 2. The van der Waals surface area contributed by atoms with Gasteiger partial charge in [0.05, 0.1) is 12.3 Å². The summed E-state index contributed by atoms with van der Waals surface area (Å²) in [7, 11) is 1.74. The van der Waals surface area contributed by atoms with Crippen LogP contribution in [0.4, 0.5) is 0 Å². The molecule has 5 heteroatoms. The molecule has 0 spiro atoms. The molecule has 1 heterocycles. The second kappa shape index (κ2) is 4.65. The van der Waals surface area contributed by atoms with Crippen molar-refractivity contribution in [1.82, 2.24) is 15.1 Å². The average Bonchev–Trinajstić information content (AvgIpc) is 2.56. The molecule has 0 aliphatic carbocycles. The first-order chi connectivity index (χ1) is 7.36. The molecular formula is C11H19N3O2. The van der Waals surface area contributed by atoms with Crippen molar-refractivity contribution >= 4 is 5.91 Å². The summed E-state index contributed by atoms with van der Waals surface area (Å²) in [5, 5.41) is 15.5. The smallest absolute Gasteiger partial charge is 0.269 e. The molecule has 1 aromatic heterocycles. The van der Waals surface area contributed by atoms with E-state index in [2.05, 4.69) is 10.4 Å². The molecule has 0 aliphatic heterocycles. The number of nitrogens with zero attached hydrogens (tertiary/aromatic N) is 2. The number of hydrogen-bond acceptors (Lipinski definition) is 3. The number of carbonyl (C=O) groups is 1. The molecule has 1 aromatic rings. The van der Waals surface area contributed by atoms with E-state index >= 15 is 0 Å². The Hall–Kier alpha value is -1.36. The third kappa shape index (κ3) is 2.82. The largest absolute Gasteiger partial charge is 0.395 e. The highest BCUT2D eigenvalue weighted by molar-refractivity contribution is 5.92.